The molecule has 1 aromatic heterocycles. The molecule has 1 aromatic carbocycles. The van der Waals surface area contributed by atoms with E-state index in [4.69, 9.17) is 28.6 Å². The summed E-state index contributed by atoms with van der Waals surface area (Å²) >= 11 is 11.2. The summed E-state index contributed by atoms with van der Waals surface area (Å²) in [6.45, 7) is 1.31. The number of nitrogens with one attached hydrogen (secondary N) is 1. The van der Waals surface area contributed by atoms with Crippen LogP contribution in [0, 0.1) is 4.64 Å². The molecule has 3 rings (SSSR count). The second-order valence-corrected chi connectivity index (χ2v) is 5.37. The Morgan fingerprint density at radius 3 is 2.89 bits per heavy atom. The molecule has 1 aliphatic rings. The topological polar surface area (TPSA) is 37.9 Å². The molecule has 3 nitrogen and oxygen atoms in total. The molecule has 0 saturated carbocycles. The Hall–Kier alpha value is -1.23. The molecule has 0 bridgehead atoms. The molecule has 5 heteroatoms. The van der Waals surface area contributed by atoms with Gasteiger partial charge in [0.25, 0.3) is 0 Å². The van der Waals surface area contributed by atoms with Crippen molar-refractivity contribution in [2.75, 3.05) is 6.61 Å². The van der Waals surface area contributed by atoms with E-state index >= 15 is 0 Å². The lowest BCUT2D eigenvalue weighted by molar-refractivity contribution is 0.108. The number of benzene rings is 1. The van der Waals surface area contributed by atoms with Gasteiger partial charge in [-0.3, -0.25) is 0 Å². The second kappa shape index (κ2) is 5.41. The largest absolute Gasteiger partial charge is 0.376 e. The smallest absolute Gasteiger partial charge is 0.135 e. The fraction of sp³-hybridized carbons (Fsp3) is 0.286. The van der Waals surface area contributed by atoms with Crippen molar-refractivity contribution in [1.82, 2.24) is 9.97 Å². The molecule has 0 unspecified atom stereocenters. The highest BCUT2D eigenvalue weighted by Crippen LogP contribution is 2.17. The van der Waals surface area contributed by atoms with Gasteiger partial charge in [0, 0.05) is 29.1 Å². The van der Waals surface area contributed by atoms with Gasteiger partial charge in [-0.2, -0.15) is 0 Å². The number of hydrogen-bond acceptors (Lipinski definition) is 3. The second-order valence-electron chi connectivity index (χ2n) is 4.55. The minimum Gasteiger partial charge on any atom is -0.376 e. The van der Waals surface area contributed by atoms with Crippen LogP contribution in [-0.4, -0.2) is 16.6 Å². The Morgan fingerprint density at radius 1 is 1.32 bits per heavy atom. The van der Waals surface area contributed by atoms with Gasteiger partial charge in [-0.15, -0.1) is 0 Å². The van der Waals surface area contributed by atoms with Gasteiger partial charge in [-0.1, -0.05) is 36.0 Å². The highest BCUT2D eigenvalue weighted by Gasteiger charge is 2.13. The molecule has 0 atom stereocenters. The zero-order valence-electron chi connectivity index (χ0n) is 10.3. The Labute approximate surface area is 121 Å². The van der Waals surface area contributed by atoms with Crippen molar-refractivity contribution in [3.63, 3.8) is 0 Å². The van der Waals surface area contributed by atoms with Crippen molar-refractivity contribution in [1.29, 1.82) is 0 Å². The number of aromatic nitrogens is 2. The maximum absolute atomic E-state index is 5.88. The van der Waals surface area contributed by atoms with Crippen LogP contribution in [0.5, 0.6) is 0 Å². The average Bonchev–Trinajstić information content (AvgIpc) is 2.42. The van der Waals surface area contributed by atoms with Crippen molar-refractivity contribution in [2.45, 2.75) is 19.4 Å². The molecule has 19 heavy (non-hydrogen) atoms. The van der Waals surface area contributed by atoms with Crippen LogP contribution >= 0.6 is 23.8 Å². The normalized spacial score (nSPS) is 14.2. The first kappa shape index (κ1) is 12.8. The highest BCUT2D eigenvalue weighted by molar-refractivity contribution is 7.71. The van der Waals surface area contributed by atoms with Crippen LogP contribution in [0.2, 0.25) is 5.02 Å². The van der Waals surface area contributed by atoms with E-state index in [1.54, 1.807) is 0 Å². The van der Waals surface area contributed by atoms with Crippen molar-refractivity contribution in [3.8, 4) is 0 Å². The maximum Gasteiger partial charge on any atom is 0.135 e. The monoisotopic (exact) mass is 292 g/mol. The number of H-pyrrole nitrogens is 1. The molecule has 0 amide bonds. The fourth-order valence-electron chi connectivity index (χ4n) is 2.19. The molecule has 1 aliphatic heterocycles. The summed E-state index contributed by atoms with van der Waals surface area (Å²) in [5, 5.41) is 0.743. The van der Waals surface area contributed by atoms with Gasteiger partial charge in [0.15, 0.2) is 0 Å². The highest BCUT2D eigenvalue weighted by atomic mass is 35.5. The molecular formula is C14H13ClN2OS. The van der Waals surface area contributed by atoms with Crippen molar-refractivity contribution >= 4 is 23.8 Å². The van der Waals surface area contributed by atoms with Crippen LogP contribution in [0.25, 0.3) is 0 Å². The minimum atomic E-state index is 0.568. The molecule has 0 fully saturated rings. The minimum absolute atomic E-state index is 0.568. The van der Waals surface area contributed by atoms with Gasteiger partial charge in [-0.25, -0.2) is 4.98 Å². The Balaban J connectivity index is 1.91. The summed E-state index contributed by atoms with van der Waals surface area (Å²) < 4.78 is 6.06. The van der Waals surface area contributed by atoms with Crippen molar-refractivity contribution in [3.05, 3.63) is 56.6 Å². The van der Waals surface area contributed by atoms with E-state index in [-0.39, 0.29) is 0 Å². The summed E-state index contributed by atoms with van der Waals surface area (Å²) in [5.74, 6) is 0.896. The SMILES string of the molecule is S=c1nc(Cc2ccc(Cl)cc2)[nH]c2c1COCC2. The first-order chi connectivity index (χ1) is 9.22. The standard InChI is InChI=1S/C14H13ClN2OS/c15-10-3-1-9(2-4-10)7-13-16-12-5-6-18-8-11(12)14(19)17-13/h1-4H,5-8H2,(H,16,17,19). The van der Waals surface area contributed by atoms with Gasteiger partial charge in [0.1, 0.15) is 10.5 Å². The van der Waals surface area contributed by atoms with Gasteiger partial charge >= 0.3 is 0 Å². The van der Waals surface area contributed by atoms with Gasteiger partial charge in [-0.05, 0) is 17.7 Å². The number of hydrogen-bond donors (Lipinski definition) is 1. The van der Waals surface area contributed by atoms with Crippen LogP contribution in [0.15, 0.2) is 24.3 Å². The Kier molecular flexibility index (Phi) is 3.64. The molecule has 1 N–H and O–H groups in total. The summed E-state index contributed by atoms with van der Waals surface area (Å²) in [4.78, 5) is 7.83. The zero-order chi connectivity index (χ0) is 13.2. The van der Waals surface area contributed by atoms with Crippen LogP contribution in [0.1, 0.15) is 22.6 Å². The van der Waals surface area contributed by atoms with Gasteiger partial charge in [0.2, 0.25) is 0 Å². The summed E-state index contributed by atoms with van der Waals surface area (Å²) in [6, 6.07) is 7.78. The van der Waals surface area contributed by atoms with E-state index < -0.39 is 0 Å². The lowest BCUT2D eigenvalue weighted by Crippen LogP contribution is -2.15. The van der Waals surface area contributed by atoms with E-state index in [2.05, 4.69) is 9.97 Å². The fourth-order valence-corrected chi connectivity index (χ4v) is 2.61. The van der Waals surface area contributed by atoms with E-state index in [0.29, 0.717) is 11.2 Å². The number of nitrogens with zero attached hydrogens (tertiary/aromatic N) is 1. The number of fused-ring (bicyclic) bond motifs is 1. The van der Waals surface area contributed by atoms with Crippen molar-refractivity contribution < 1.29 is 4.74 Å². The predicted octanol–water partition coefficient (Wildman–Crippen LogP) is 3.46. The van der Waals surface area contributed by atoms with E-state index in [1.165, 1.54) is 0 Å². The van der Waals surface area contributed by atoms with Crippen LogP contribution in [-0.2, 0) is 24.2 Å². The molecule has 0 saturated heterocycles. The van der Waals surface area contributed by atoms with E-state index in [9.17, 15) is 0 Å². The molecule has 0 aliphatic carbocycles. The number of halogens is 1. The number of rotatable bonds is 2. The third-order valence-electron chi connectivity index (χ3n) is 3.18. The molecule has 0 spiro atoms. The Bertz CT molecular complexity index is 651. The number of ether oxygens (including phenoxy) is 1. The molecule has 2 aromatic rings. The summed E-state index contributed by atoms with van der Waals surface area (Å²) in [5.41, 5.74) is 3.35. The van der Waals surface area contributed by atoms with Crippen LogP contribution in [0.3, 0.4) is 0 Å². The summed E-state index contributed by atoms with van der Waals surface area (Å²) in [6.07, 6.45) is 1.60. The quantitative estimate of drug-likeness (QED) is 0.862. The van der Waals surface area contributed by atoms with E-state index in [0.717, 1.165) is 47.1 Å². The molecule has 0 radical (unpaired) electrons. The summed E-state index contributed by atoms with van der Waals surface area (Å²) in [7, 11) is 0. The zero-order valence-corrected chi connectivity index (χ0v) is 11.9. The lowest BCUT2D eigenvalue weighted by atomic mass is 10.1. The van der Waals surface area contributed by atoms with Crippen LogP contribution in [0.4, 0.5) is 0 Å². The first-order valence-electron chi connectivity index (χ1n) is 6.15. The van der Waals surface area contributed by atoms with Gasteiger partial charge < -0.3 is 9.72 Å². The molecular weight excluding hydrogens is 280 g/mol. The van der Waals surface area contributed by atoms with Gasteiger partial charge in [0.05, 0.1) is 13.2 Å². The average molecular weight is 293 g/mol. The number of aromatic amines is 1. The molecule has 2 heterocycles. The Morgan fingerprint density at radius 2 is 2.11 bits per heavy atom. The maximum atomic E-state index is 5.88. The molecule has 98 valence electrons. The lowest BCUT2D eigenvalue weighted by Gasteiger charge is -2.17. The van der Waals surface area contributed by atoms with E-state index in [1.807, 2.05) is 24.3 Å². The third-order valence-corrected chi connectivity index (χ3v) is 3.77. The predicted molar refractivity (Wildman–Crippen MR) is 77.0 cm³/mol. The van der Waals surface area contributed by atoms with Crippen molar-refractivity contribution in [2.24, 2.45) is 0 Å². The first-order valence-corrected chi connectivity index (χ1v) is 6.94. The third kappa shape index (κ3) is 2.86. The van der Waals surface area contributed by atoms with Crippen LogP contribution < -0.4 is 0 Å².